The Morgan fingerprint density at radius 2 is 1.76 bits per heavy atom. The molecular weight excluding hydrogens is 248 g/mol. The van der Waals surface area contributed by atoms with Crippen molar-refractivity contribution in [2.75, 3.05) is 0 Å². The first-order valence-electron chi connectivity index (χ1n) is 5.67. The molecule has 0 bridgehead atoms. The van der Waals surface area contributed by atoms with Gasteiger partial charge in [0, 0.05) is 6.42 Å². The fourth-order valence-corrected chi connectivity index (χ4v) is 1.14. The van der Waals surface area contributed by atoms with Crippen molar-refractivity contribution in [3.05, 3.63) is 11.8 Å². The van der Waals surface area contributed by atoms with Crippen molar-refractivity contribution in [3.63, 3.8) is 0 Å². The molecule has 5 heteroatoms. The third kappa shape index (κ3) is 12.2. The van der Waals surface area contributed by atoms with Crippen molar-refractivity contribution >= 4 is 49.7 Å². The molecule has 0 aromatic carbocycles. The van der Waals surface area contributed by atoms with Crippen LogP contribution >= 0.6 is 0 Å². The van der Waals surface area contributed by atoms with Crippen LogP contribution in [0.5, 0.6) is 0 Å². The van der Waals surface area contributed by atoms with Crippen molar-refractivity contribution in [1.82, 2.24) is 0 Å². The van der Waals surface area contributed by atoms with E-state index < -0.39 is 5.97 Å². The maximum absolute atomic E-state index is 11.1. The molecule has 0 atom stereocenters. The summed E-state index contributed by atoms with van der Waals surface area (Å²) in [5.74, 6) is -1.44. The van der Waals surface area contributed by atoms with Crippen LogP contribution in [0.3, 0.4) is 0 Å². The normalized spacial score (nSPS) is 10.6. The van der Waals surface area contributed by atoms with Crippen molar-refractivity contribution in [1.29, 1.82) is 0 Å². The van der Waals surface area contributed by atoms with E-state index in [1.807, 2.05) is 0 Å². The van der Waals surface area contributed by atoms with Crippen LogP contribution in [0.25, 0.3) is 0 Å². The van der Waals surface area contributed by atoms with E-state index >= 15 is 0 Å². The predicted molar refractivity (Wildman–Crippen MR) is 69.4 cm³/mol. The van der Waals surface area contributed by atoms with Crippen molar-refractivity contribution in [2.24, 2.45) is 0 Å². The number of carbonyl (C=O) groups is 2. The van der Waals surface area contributed by atoms with Crippen LogP contribution in [0.15, 0.2) is 11.8 Å². The number of esters is 1. The van der Waals surface area contributed by atoms with Crippen LogP contribution in [0.2, 0.25) is 0 Å². The van der Waals surface area contributed by atoms with Crippen molar-refractivity contribution < 1.29 is 19.4 Å². The Labute approximate surface area is 132 Å². The third-order valence-electron chi connectivity index (χ3n) is 2.19. The molecule has 0 aromatic rings. The molecule has 0 fully saturated rings. The molecule has 0 radical (unpaired) electrons. The Bertz CT molecular complexity index is 261. The molecule has 17 heavy (non-hydrogen) atoms. The molecule has 0 spiro atoms. The standard InChI is InChI=1S/C12H20O4.Ca.2H/c1-3-4-5-6-7-8-11(13)16-9-10(2)12(14)15;;;/h9H,3-8H2,1-2H3,(H,14,15);;;. The predicted octanol–water partition coefficient (Wildman–Crippen LogP) is 1.96. The Balaban J connectivity index is 0. The summed E-state index contributed by atoms with van der Waals surface area (Å²) < 4.78 is 4.69. The van der Waals surface area contributed by atoms with Gasteiger partial charge in [0.2, 0.25) is 0 Å². The van der Waals surface area contributed by atoms with E-state index in [1.54, 1.807) is 0 Å². The zero-order valence-electron chi connectivity index (χ0n) is 9.99. The van der Waals surface area contributed by atoms with Crippen LogP contribution in [0.4, 0.5) is 0 Å². The van der Waals surface area contributed by atoms with Gasteiger partial charge in [-0.05, 0) is 13.3 Å². The SMILES string of the molecule is CCCCCCCC(=O)OC=C(C)C(=O)O.[CaH2]. The minimum atomic E-state index is -1.07. The van der Waals surface area contributed by atoms with Crippen LogP contribution < -0.4 is 0 Å². The van der Waals surface area contributed by atoms with E-state index in [9.17, 15) is 9.59 Å². The van der Waals surface area contributed by atoms with E-state index in [1.165, 1.54) is 19.8 Å². The quantitative estimate of drug-likeness (QED) is 0.241. The number of carboxylic acid groups (broad SMARTS) is 1. The number of hydrogen-bond donors (Lipinski definition) is 1. The number of hydrogen-bond acceptors (Lipinski definition) is 3. The number of carboxylic acids is 1. The third-order valence-corrected chi connectivity index (χ3v) is 2.19. The molecule has 4 nitrogen and oxygen atoms in total. The molecule has 0 rings (SSSR count). The first-order valence-corrected chi connectivity index (χ1v) is 5.67. The minimum absolute atomic E-state index is 0. The van der Waals surface area contributed by atoms with Gasteiger partial charge in [0.15, 0.2) is 0 Å². The molecule has 0 aliphatic rings. The molecule has 0 heterocycles. The van der Waals surface area contributed by atoms with E-state index in [-0.39, 0.29) is 49.3 Å². The summed E-state index contributed by atoms with van der Waals surface area (Å²) in [5.41, 5.74) is 0.0272. The molecule has 0 amide bonds. The molecule has 0 unspecified atom stereocenters. The molecule has 0 saturated carbocycles. The summed E-state index contributed by atoms with van der Waals surface area (Å²) in [6.45, 7) is 3.52. The van der Waals surface area contributed by atoms with Gasteiger partial charge in [0.1, 0.15) is 6.26 Å². The van der Waals surface area contributed by atoms with Crippen LogP contribution in [-0.4, -0.2) is 54.8 Å². The maximum atomic E-state index is 11.1. The summed E-state index contributed by atoms with van der Waals surface area (Å²) in [6, 6.07) is 0. The number of unbranched alkanes of at least 4 members (excludes halogenated alkanes) is 4. The van der Waals surface area contributed by atoms with E-state index in [2.05, 4.69) is 11.7 Å². The van der Waals surface area contributed by atoms with Gasteiger partial charge in [-0.2, -0.15) is 0 Å². The van der Waals surface area contributed by atoms with Crippen LogP contribution in [0.1, 0.15) is 52.4 Å². The van der Waals surface area contributed by atoms with Crippen molar-refractivity contribution in [2.45, 2.75) is 52.4 Å². The summed E-state index contributed by atoms with van der Waals surface area (Å²) in [5, 5.41) is 8.51. The molecule has 96 valence electrons. The van der Waals surface area contributed by atoms with E-state index in [4.69, 9.17) is 5.11 Å². The van der Waals surface area contributed by atoms with Gasteiger partial charge in [-0.1, -0.05) is 32.6 Å². The zero-order valence-corrected chi connectivity index (χ0v) is 9.99. The zero-order chi connectivity index (χ0) is 12.4. The van der Waals surface area contributed by atoms with Crippen LogP contribution in [0, 0.1) is 0 Å². The van der Waals surface area contributed by atoms with Gasteiger partial charge < -0.3 is 9.84 Å². The van der Waals surface area contributed by atoms with Crippen LogP contribution in [-0.2, 0) is 14.3 Å². The number of ether oxygens (including phenoxy) is 1. The monoisotopic (exact) mass is 270 g/mol. The summed E-state index contributed by atoms with van der Waals surface area (Å²) in [7, 11) is 0. The van der Waals surface area contributed by atoms with Gasteiger partial charge >= 0.3 is 49.7 Å². The molecule has 0 saturated heterocycles. The Morgan fingerprint density at radius 3 is 2.29 bits per heavy atom. The molecule has 0 aliphatic carbocycles. The fraction of sp³-hybridized carbons (Fsp3) is 0.667. The number of aliphatic carboxylic acids is 1. The van der Waals surface area contributed by atoms with E-state index in [0.29, 0.717) is 6.42 Å². The molecule has 0 aromatic heterocycles. The second kappa shape index (κ2) is 12.4. The summed E-state index contributed by atoms with van der Waals surface area (Å²) in [6.07, 6.45) is 6.67. The summed E-state index contributed by atoms with van der Waals surface area (Å²) >= 11 is 0. The van der Waals surface area contributed by atoms with E-state index in [0.717, 1.165) is 25.5 Å². The molecular formula is C12H22CaO4. The first kappa shape index (κ1) is 19.3. The van der Waals surface area contributed by atoms with Gasteiger partial charge in [-0.15, -0.1) is 0 Å². The Kier molecular flexibility index (Phi) is 14.1. The van der Waals surface area contributed by atoms with Gasteiger partial charge in [-0.3, -0.25) is 4.79 Å². The average molecular weight is 270 g/mol. The summed E-state index contributed by atoms with van der Waals surface area (Å²) in [4.78, 5) is 21.5. The van der Waals surface area contributed by atoms with Crippen molar-refractivity contribution in [3.8, 4) is 0 Å². The Morgan fingerprint density at radius 1 is 1.18 bits per heavy atom. The second-order valence-electron chi connectivity index (χ2n) is 3.76. The number of carbonyl (C=O) groups excluding carboxylic acids is 1. The average Bonchev–Trinajstić information content (AvgIpc) is 2.25. The van der Waals surface area contributed by atoms with Gasteiger partial charge in [-0.25, -0.2) is 4.79 Å². The van der Waals surface area contributed by atoms with Gasteiger partial charge in [0.25, 0.3) is 0 Å². The second-order valence-corrected chi connectivity index (χ2v) is 3.76. The number of rotatable bonds is 8. The fourth-order valence-electron chi connectivity index (χ4n) is 1.14. The Hall–Kier alpha value is -0.0603. The first-order chi connectivity index (χ1) is 7.57. The topological polar surface area (TPSA) is 63.6 Å². The molecule has 0 aliphatic heterocycles. The molecule has 1 N–H and O–H groups in total. The van der Waals surface area contributed by atoms with Gasteiger partial charge in [0.05, 0.1) is 5.57 Å².